The van der Waals surface area contributed by atoms with Gasteiger partial charge in [-0.1, -0.05) is 41.9 Å². The normalized spacial score (nSPS) is 13.7. The zero-order valence-electron chi connectivity index (χ0n) is 11.0. The van der Waals surface area contributed by atoms with Crippen molar-refractivity contribution in [3.8, 4) is 0 Å². The number of carbonyl (C=O) groups is 2. The number of benzene rings is 2. The van der Waals surface area contributed by atoms with Crippen LogP contribution < -0.4 is 4.90 Å². The Kier molecular flexibility index (Phi) is 3.47. The molecule has 106 valence electrons. The minimum Gasteiger partial charge on any atom is -0.304 e. The van der Waals surface area contributed by atoms with E-state index in [9.17, 15) is 14.0 Å². The maximum absolute atomic E-state index is 13.6. The monoisotopic (exact) mass is 303 g/mol. The molecule has 0 saturated heterocycles. The van der Waals surface area contributed by atoms with Gasteiger partial charge in [-0.2, -0.15) is 0 Å². The highest BCUT2D eigenvalue weighted by molar-refractivity contribution is 6.52. The Hall–Kier alpha value is -2.20. The number of hydrogen-bond acceptors (Lipinski definition) is 2. The van der Waals surface area contributed by atoms with E-state index in [1.165, 1.54) is 11.0 Å². The molecule has 0 fully saturated rings. The van der Waals surface area contributed by atoms with E-state index in [1.807, 2.05) is 30.3 Å². The molecule has 2 aromatic rings. The topological polar surface area (TPSA) is 37.4 Å². The Morgan fingerprint density at radius 3 is 2.52 bits per heavy atom. The van der Waals surface area contributed by atoms with E-state index < -0.39 is 17.5 Å². The summed E-state index contributed by atoms with van der Waals surface area (Å²) < 4.78 is 13.6. The minimum absolute atomic E-state index is 0.153. The molecule has 0 atom stereocenters. The second kappa shape index (κ2) is 5.30. The first-order chi connectivity index (χ1) is 10.1. The van der Waals surface area contributed by atoms with E-state index in [0.717, 1.165) is 11.6 Å². The van der Waals surface area contributed by atoms with Crippen LogP contribution >= 0.6 is 11.6 Å². The summed E-state index contributed by atoms with van der Waals surface area (Å²) in [6.45, 7) is 0.322. The van der Waals surface area contributed by atoms with Crippen LogP contribution in [-0.4, -0.2) is 18.2 Å². The lowest BCUT2D eigenvalue weighted by molar-refractivity contribution is -0.114. The molecule has 0 N–H and O–H groups in total. The third-order valence-electron chi connectivity index (χ3n) is 3.48. The summed E-state index contributed by atoms with van der Waals surface area (Å²) >= 11 is 5.67. The Morgan fingerprint density at radius 2 is 1.81 bits per heavy atom. The maximum Gasteiger partial charge on any atom is 0.299 e. The average molecular weight is 304 g/mol. The van der Waals surface area contributed by atoms with E-state index in [4.69, 9.17) is 11.6 Å². The number of nitrogens with zero attached hydrogens (tertiary/aromatic N) is 1. The van der Waals surface area contributed by atoms with Gasteiger partial charge in [0.25, 0.3) is 11.7 Å². The molecule has 0 unspecified atom stereocenters. The van der Waals surface area contributed by atoms with Gasteiger partial charge in [-0.15, -0.1) is 0 Å². The summed E-state index contributed by atoms with van der Waals surface area (Å²) in [6.07, 6.45) is 0.587. The van der Waals surface area contributed by atoms with Crippen LogP contribution in [0.2, 0.25) is 5.02 Å². The number of fused-ring (bicyclic) bond motifs is 1. The van der Waals surface area contributed by atoms with Gasteiger partial charge in [-0.25, -0.2) is 4.39 Å². The highest BCUT2D eigenvalue weighted by atomic mass is 35.5. The van der Waals surface area contributed by atoms with Gasteiger partial charge in [0.1, 0.15) is 5.82 Å². The summed E-state index contributed by atoms with van der Waals surface area (Å²) in [6, 6.07) is 11.9. The lowest BCUT2D eigenvalue weighted by Gasteiger charge is -2.16. The molecule has 1 aliphatic heterocycles. The van der Waals surface area contributed by atoms with Gasteiger partial charge in [0.05, 0.1) is 16.3 Å². The number of rotatable bonds is 3. The third kappa shape index (κ3) is 2.43. The van der Waals surface area contributed by atoms with Gasteiger partial charge in [-0.05, 0) is 24.1 Å². The summed E-state index contributed by atoms with van der Waals surface area (Å²) in [5.41, 5.74) is 1.50. The lowest BCUT2D eigenvalue weighted by atomic mass is 10.1. The predicted molar refractivity (Wildman–Crippen MR) is 78.2 cm³/mol. The van der Waals surface area contributed by atoms with Gasteiger partial charge in [0.15, 0.2) is 0 Å². The number of ketones is 1. The number of carbonyl (C=O) groups excluding carboxylic acids is 2. The quantitative estimate of drug-likeness (QED) is 0.816. The zero-order valence-corrected chi connectivity index (χ0v) is 11.7. The summed E-state index contributed by atoms with van der Waals surface area (Å²) in [7, 11) is 0. The molecule has 2 aromatic carbocycles. The van der Waals surface area contributed by atoms with Crippen LogP contribution in [0, 0.1) is 5.82 Å². The van der Waals surface area contributed by atoms with Crippen LogP contribution in [0.4, 0.5) is 10.1 Å². The zero-order chi connectivity index (χ0) is 15.0. The van der Waals surface area contributed by atoms with Gasteiger partial charge < -0.3 is 4.90 Å². The first-order valence-corrected chi connectivity index (χ1v) is 6.85. The molecular formula is C16H11ClFNO2. The standard InChI is InChI=1S/C16H11ClFNO2/c17-12-8-11-14(9-13(12)18)19(16(21)15(11)20)7-6-10-4-2-1-3-5-10/h1-5,8-9H,6-7H2. The predicted octanol–water partition coefficient (Wildman–Crippen LogP) is 3.25. The highest BCUT2D eigenvalue weighted by Crippen LogP contribution is 2.33. The molecule has 5 heteroatoms. The smallest absolute Gasteiger partial charge is 0.299 e. The lowest BCUT2D eigenvalue weighted by Crippen LogP contribution is -2.31. The molecular weight excluding hydrogens is 293 g/mol. The van der Waals surface area contributed by atoms with E-state index in [0.29, 0.717) is 18.7 Å². The first-order valence-electron chi connectivity index (χ1n) is 6.47. The first kappa shape index (κ1) is 13.8. The molecule has 3 rings (SSSR count). The fourth-order valence-corrected chi connectivity index (χ4v) is 2.56. The molecule has 0 radical (unpaired) electrons. The molecule has 0 saturated carbocycles. The van der Waals surface area contributed by atoms with E-state index in [2.05, 4.69) is 0 Å². The van der Waals surface area contributed by atoms with Crippen molar-refractivity contribution in [1.82, 2.24) is 0 Å². The van der Waals surface area contributed by atoms with Crippen molar-refractivity contribution in [3.63, 3.8) is 0 Å². The van der Waals surface area contributed by atoms with Crippen molar-refractivity contribution in [2.45, 2.75) is 6.42 Å². The molecule has 0 bridgehead atoms. The largest absolute Gasteiger partial charge is 0.304 e. The molecule has 21 heavy (non-hydrogen) atoms. The van der Waals surface area contributed by atoms with Crippen molar-refractivity contribution in [2.24, 2.45) is 0 Å². The van der Waals surface area contributed by atoms with Gasteiger partial charge in [0, 0.05) is 6.54 Å². The molecule has 1 heterocycles. The van der Waals surface area contributed by atoms with Crippen LogP contribution in [-0.2, 0) is 11.2 Å². The summed E-state index contributed by atoms with van der Waals surface area (Å²) in [4.78, 5) is 25.2. The fourth-order valence-electron chi connectivity index (χ4n) is 2.40. The van der Waals surface area contributed by atoms with Gasteiger partial charge >= 0.3 is 0 Å². The van der Waals surface area contributed by atoms with Crippen LogP contribution in [0.1, 0.15) is 15.9 Å². The fraction of sp³-hybridized carbons (Fsp3) is 0.125. The number of hydrogen-bond donors (Lipinski definition) is 0. The van der Waals surface area contributed by atoms with Gasteiger partial charge in [-0.3, -0.25) is 9.59 Å². The van der Waals surface area contributed by atoms with Crippen molar-refractivity contribution in [3.05, 3.63) is 64.4 Å². The Balaban J connectivity index is 1.89. The van der Waals surface area contributed by atoms with E-state index in [-0.39, 0.29) is 10.6 Å². The van der Waals surface area contributed by atoms with Crippen molar-refractivity contribution in [1.29, 1.82) is 0 Å². The number of Topliss-reactive ketones (excluding diaryl/α,β-unsaturated/α-hetero) is 1. The maximum atomic E-state index is 13.6. The van der Waals surface area contributed by atoms with Crippen molar-refractivity contribution >= 4 is 29.0 Å². The number of amides is 1. The van der Waals surface area contributed by atoms with Crippen molar-refractivity contribution < 1.29 is 14.0 Å². The Labute approximate surface area is 125 Å². The van der Waals surface area contributed by atoms with Crippen LogP contribution in [0.15, 0.2) is 42.5 Å². The molecule has 0 aromatic heterocycles. The second-order valence-corrected chi connectivity index (χ2v) is 5.21. The third-order valence-corrected chi connectivity index (χ3v) is 3.77. The minimum atomic E-state index is -0.639. The van der Waals surface area contributed by atoms with E-state index >= 15 is 0 Å². The van der Waals surface area contributed by atoms with Gasteiger partial charge in [0.2, 0.25) is 0 Å². The molecule has 0 spiro atoms. The molecule has 0 aliphatic carbocycles. The SMILES string of the molecule is O=C1C(=O)N(CCc2ccccc2)c2cc(F)c(Cl)cc21. The van der Waals surface area contributed by atoms with Crippen molar-refractivity contribution in [2.75, 3.05) is 11.4 Å². The van der Waals surface area contributed by atoms with E-state index in [1.54, 1.807) is 0 Å². The second-order valence-electron chi connectivity index (χ2n) is 4.80. The number of halogens is 2. The van der Waals surface area contributed by atoms with Crippen LogP contribution in [0.3, 0.4) is 0 Å². The summed E-state index contributed by atoms with van der Waals surface area (Å²) in [5.74, 6) is -1.91. The summed E-state index contributed by atoms with van der Waals surface area (Å²) in [5, 5.41) is -0.153. The molecule has 3 nitrogen and oxygen atoms in total. The molecule has 1 aliphatic rings. The Morgan fingerprint density at radius 1 is 1.10 bits per heavy atom. The highest BCUT2D eigenvalue weighted by Gasteiger charge is 2.36. The number of anilines is 1. The van der Waals surface area contributed by atoms with Crippen LogP contribution in [0.5, 0.6) is 0 Å². The van der Waals surface area contributed by atoms with Crippen LogP contribution in [0.25, 0.3) is 0 Å². The Bertz CT molecular complexity index is 731. The molecule has 1 amide bonds. The average Bonchev–Trinajstić information content (AvgIpc) is 2.71.